The number of nitrogens with one attached hydrogen (secondary N) is 1. The Bertz CT molecular complexity index is 678. The fraction of sp³-hybridized carbons (Fsp3) is 0.375. The lowest BCUT2D eigenvalue weighted by Gasteiger charge is -2.11. The van der Waals surface area contributed by atoms with E-state index >= 15 is 0 Å². The van der Waals surface area contributed by atoms with Crippen LogP contribution >= 0.6 is 0 Å². The Balaban J connectivity index is 2.33. The van der Waals surface area contributed by atoms with Crippen molar-refractivity contribution in [2.75, 3.05) is 6.61 Å². The molecule has 22 heavy (non-hydrogen) atoms. The summed E-state index contributed by atoms with van der Waals surface area (Å²) in [5.41, 5.74) is 0.677. The Morgan fingerprint density at radius 3 is 2.59 bits per heavy atom. The van der Waals surface area contributed by atoms with Gasteiger partial charge in [-0.3, -0.25) is 4.79 Å². The molecule has 6 heteroatoms. The molecule has 118 valence electrons. The summed E-state index contributed by atoms with van der Waals surface area (Å²) >= 11 is 0. The van der Waals surface area contributed by atoms with Gasteiger partial charge in [-0.1, -0.05) is 13.8 Å². The van der Waals surface area contributed by atoms with Crippen molar-refractivity contribution in [3.05, 3.63) is 46.4 Å². The van der Waals surface area contributed by atoms with Crippen molar-refractivity contribution in [3.63, 3.8) is 0 Å². The molecule has 0 amide bonds. The van der Waals surface area contributed by atoms with E-state index in [2.05, 4.69) is 10.4 Å². The first kappa shape index (κ1) is 16.0. The summed E-state index contributed by atoms with van der Waals surface area (Å²) in [6.45, 7) is 6.88. The summed E-state index contributed by atoms with van der Waals surface area (Å²) in [6, 6.07) is 8.53. The van der Waals surface area contributed by atoms with Crippen LogP contribution in [0.2, 0.25) is 0 Å². The summed E-state index contributed by atoms with van der Waals surface area (Å²) in [6.07, 6.45) is 0. The van der Waals surface area contributed by atoms with Gasteiger partial charge in [-0.05, 0) is 31.2 Å². The SMILES string of the molecule is CCOc1ccc(-n2nc(CNC(C)C)c(O)cc2=O)cc1. The maximum atomic E-state index is 12.0. The first-order chi connectivity index (χ1) is 10.5. The summed E-state index contributed by atoms with van der Waals surface area (Å²) in [7, 11) is 0. The number of aromatic nitrogens is 2. The molecule has 2 N–H and O–H groups in total. The molecule has 0 fully saturated rings. The van der Waals surface area contributed by atoms with Gasteiger partial charge in [-0.15, -0.1) is 0 Å². The number of benzene rings is 1. The Morgan fingerprint density at radius 1 is 1.32 bits per heavy atom. The maximum Gasteiger partial charge on any atom is 0.275 e. The van der Waals surface area contributed by atoms with Crippen LogP contribution in [-0.4, -0.2) is 27.5 Å². The number of ether oxygens (including phenoxy) is 1. The molecule has 0 aliphatic rings. The molecule has 0 aliphatic heterocycles. The Hall–Kier alpha value is -2.34. The van der Waals surface area contributed by atoms with Crippen molar-refractivity contribution in [3.8, 4) is 17.2 Å². The summed E-state index contributed by atoms with van der Waals surface area (Å²) in [5.74, 6) is 0.639. The van der Waals surface area contributed by atoms with Crippen molar-refractivity contribution in [2.45, 2.75) is 33.4 Å². The lowest BCUT2D eigenvalue weighted by molar-refractivity contribution is 0.340. The largest absolute Gasteiger partial charge is 0.506 e. The summed E-state index contributed by atoms with van der Waals surface area (Å²) in [5, 5.41) is 17.3. The molecule has 2 rings (SSSR count). The normalized spacial score (nSPS) is 10.9. The van der Waals surface area contributed by atoms with Gasteiger partial charge in [0.05, 0.1) is 12.3 Å². The van der Waals surface area contributed by atoms with Crippen LogP contribution in [0.5, 0.6) is 11.5 Å². The van der Waals surface area contributed by atoms with Gasteiger partial charge >= 0.3 is 0 Å². The van der Waals surface area contributed by atoms with E-state index in [1.165, 1.54) is 10.7 Å². The highest BCUT2D eigenvalue weighted by molar-refractivity contribution is 5.37. The van der Waals surface area contributed by atoms with Crippen molar-refractivity contribution >= 4 is 0 Å². The van der Waals surface area contributed by atoms with Gasteiger partial charge in [0.1, 0.15) is 17.2 Å². The zero-order valence-corrected chi connectivity index (χ0v) is 13.0. The lowest BCUT2D eigenvalue weighted by Crippen LogP contribution is -2.26. The standard InChI is InChI=1S/C16H21N3O3/c1-4-22-13-7-5-12(6-8-13)19-16(21)9-15(20)14(18-19)10-17-11(2)3/h5-9,11,17,20H,4,10H2,1-3H3. The summed E-state index contributed by atoms with van der Waals surface area (Å²) < 4.78 is 6.65. The van der Waals surface area contributed by atoms with E-state index in [1.807, 2.05) is 20.8 Å². The fourth-order valence-corrected chi connectivity index (χ4v) is 1.94. The second kappa shape index (κ2) is 7.09. The summed E-state index contributed by atoms with van der Waals surface area (Å²) in [4.78, 5) is 12.0. The highest BCUT2D eigenvalue weighted by Crippen LogP contribution is 2.16. The van der Waals surface area contributed by atoms with E-state index in [0.29, 0.717) is 24.5 Å². The minimum absolute atomic E-state index is 0.0969. The predicted molar refractivity (Wildman–Crippen MR) is 84.6 cm³/mol. The fourth-order valence-electron chi connectivity index (χ4n) is 1.94. The van der Waals surface area contributed by atoms with Gasteiger partial charge in [0, 0.05) is 18.7 Å². The monoisotopic (exact) mass is 303 g/mol. The number of aromatic hydroxyl groups is 1. The molecule has 2 aromatic rings. The first-order valence-corrected chi connectivity index (χ1v) is 7.30. The zero-order valence-electron chi connectivity index (χ0n) is 13.0. The molecule has 0 aliphatic carbocycles. The molecular formula is C16H21N3O3. The first-order valence-electron chi connectivity index (χ1n) is 7.30. The van der Waals surface area contributed by atoms with Gasteiger partial charge in [-0.2, -0.15) is 9.78 Å². The Morgan fingerprint density at radius 2 is 2.00 bits per heavy atom. The average Bonchev–Trinajstić information content (AvgIpc) is 2.47. The highest BCUT2D eigenvalue weighted by Gasteiger charge is 2.10. The number of rotatable bonds is 6. The zero-order chi connectivity index (χ0) is 16.1. The van der Waals surface area contributed by atoms with Crippen molar-refractivity contribution in [2.24, 2.45) is 0 Å². The molecule has 0 saturated carbocycles. The lowest BCUT2D eigenvalue weighted by atomic mass is 10.3. The molecule has 0 atom stereocenters. The molecule has 0 bridgehead atoms. The second-order valence-corrected chi connectivity index (χ2v) is 5.19. The molecule has 1 aromatic heterocycles. The molecule has 0 spiro atoms. The van der Waals surface area contributed by atoms with E-state index in [1.54, 1.807) is 24.3 Å². The van der Waals surface area contributed by atoms with Gasteiger partial charge in [0.25, 0.3) is 5.56 Å². The number of hydrogen-bond donors (Lipinski definition) is 2. The smallest absolute Gasteiger partial charge is 0.275 e. The van der Waals surface area contributed by atoms with Crippen LogP contribution in [0.3, 0.4) is 0 Å². The Kier molecular flexibility index (Phi) is 5.16. The van der Waals surface area contributed by atoms with Gasteiger partial charge in [-0.25, -0.2) is 0 Å². The molecule has 6 nitrogen and oxygen atoms in total. The van der Waals surface area contributed by atoms with Crippen LogP contribution < -0.4 is 15.6 Å². The van der Waals surface area contributed by atoms with E-state index in [-0.39, 0.29) is 17.4 Å². The molecule has 0 saturated heterocycles. The van der Waals surface area contributed by atoms with Gasteiger partial charge in [0.15, 0.2) is 0 Å². The highest BCUT2D eigenvalue weighted by atomic mass is 16.5. The molecule has 0 radical (unpaired) electrons. The third-order valence-corrected chi connectivity index (χ3v) is 3.06. The van der Waals surface area contributed by atoms with Crippen LogP contribution in [0.1, 0.15) is 26.5 Å². The van der Waals surface area contributed by atoms with Crippen molar-refractivity contribution in [1.82, 2.24) is 15.1 Å². The van der Waals surface area contributed by atoms with Crippen molar-refractivity contribution < 1.29 is 9.84 Å². The third-order valence-electron chi connectivity index (χ3n) is 3.06. The Labute approximate surface area is 129 Å². The van der Waals surface area contributed by atoms with Crippen molar-refractivity contribution in [1.29, 1.82) is 0 Å². The minimum Gasteiger partial charge on any atom is -0.506 e. The number of nitrogens with zero attached hydrogens (tertiary/aromatic N) is 2. The second-order valence-electron chi connectivity index (χ2n) is 5.19. The van der Waals surface area contributed by atoms with E-state index in [4.69, 9.17) is 4.74 Å². The molecule has 0 unspecified atom stereocenters. The number of hydrogen-bond acceptors (Lipinski definition) is 5. The topological polar surface area (TPSA) is 76.4 Å². The minimum atomic E-state index is -0.380. The quantitative estimate of drug-likeness (QED) is 0.851. The molecule has 1 heterocycles. The van der Waals surface area contributed by atoms with Crippen LogP contribution in [0.4, 0.5) is 0 Å². The maximum absolute atomic E-state index is 12.0. The van der Waals surface area contributed by atoms with E-state index in [9.17, 15) is 9.90 Å². The van der Waals surface area contributed by atoms with Crippen LogP contribution in [0.15, 0.2) is 35.1 Å². The molecular weight excluding hydrogens is 282 g/mol. The van der Waals surface area contributed by atoms with Crippen LogP contribution in [0.25, 0.3) is 5.69 Å². The van der Waals surface area contributed by atoms with E-state index < -0.39 is 0 Å². The van der Waals surface area contributed by atoms with Crippen LogP contribution in [-0.2, 0) is 6.54 Å². The average molecular weight is 303 g/mol. The molecule has 1 aromatic carbocycles. The van der Waals surface area contributed by atoms with Gasteiger partial charge < -0.3 is 15.2 Å². The van der Waals surface area contributed by atoms with Gasteiger partial charge in [0.2, 0.25) is 0 Å². The van der Waals surface area contributed by atoms with E-state index in [0.717, 1.165) is 5.75 Å². The predicted octanol–water partition coefficient (Wildman–Crippen LogP) is 1.83. The third kappa shape index (κ3) is 3.85. The van der Waals surface area contributed by atoms with Crippen LogP contribution in [0, 0.1) is 0 Å².